The van der Waals surface area contributed by atoms with Crippen molar-refractivity contribution in [1.82, 2.24) is 4.98 Å². The molecule has 0 bridgehead atoms. The van der Waals surface area contributed by atoms with Crippen LogP contribution in [0.2, 0.25) is 0 Å². The Morgan fingerprint density at radius 1 is 1.11 bits per heavy atom. The third-order valence-corrected chi connectivity index (χ3v) is 3.89. The number of ketones is 1. The number of nitrogens with one attached hydrogen (secondary N) is 1. The van der Waals surface area contributed by atoms with Crippen LogP contribution in [-0.4, -0.2) is 14.6 Å². The fourth-order valence-corrected chi connectivity index (χ4v) is 2.58. The normalized spacial score (nSPS) is 11.6. The first-order chi connectivity index (χ1) is 8.86. The Hall–Kier alpha value is -0.610. The number of alkyl halides is 3. The lowest BCUT2D eigenvalue weighted by molar-refractivity contribution is 0.0992. The molecular weight excluding hydrogens is 325 g/mol. The topological polar surface area (TPSA) is 32.9 Å². The Kier molecular flexibility index (Phi) is 4.51. The molecule has 6 heteroatoms. The number of aromatic amines is 1. The minimum absolute atomic E-state index is 0.287. The molecule has 0 aliphatic heterocycles. The second-order valence-corrected chi connectivity index (χ2v) is 7.37. The van der Waals surface area contributed by atoms with Crippen LogP contribution < -0.4 is 0 Å². The first-order valence-electron chi connectivity index (χ1n) is 5.41. The molecule has 2 aromatic rings. The molecule has 0 saturated heterocycles. The summed E-state index contributed by atoms with van der Waals surface area (Å²) in [6.45, 7) is 2.03. The zero-order valence-electron chi connectivity index (χ0n) is 9.91. The molecule has 0 spiro atoms. The van der Waals surface area contributed by atoms with Gasteiger partial charge in [-0.3, -0.25) is 4.79 Å². The highest BCUT2D eigenvalue weighted by molar-refractivity contribution is 7.99. The molecule has 2 rings (SSSR count). The fraction of sp³-hybridized carbons (Fsp3) is 0.154. The molecule has 1 aromatic heterocycles. The molecule has 2 nitrogen and oxygen atoms in total. The van der Waals surface area contributed by atoms with Crippen LogP contribution in [-0.2, 0) is 0 Å². The highest BCUT2D eigenvalue weighted by Gasteiger charge is 2.32. The lowest BCUT2D eigenvalue weighted by Gasteiger charge is -2.07. The summed E-state index contributed by atoms with van der Waals surface area (Å²) in [5.74, 6) is -0.562. The standard InChI is InChI=1S/C13H10Cl3NOS/c1-8-2-4-9(5-3-8)19-11-7-6-10(17-11)12(18)13(14,15)16/h2-7,17H,1H3. The van der Waals surface area contributed by atoms with E-state index in [0.717, 1.165) is 9.92 Å². The average Bonchev–Trinajstić information content (AvgIpc) is 2.78. The van der Waals surface area contributed by atoms with Crippen LogP contribution in [0.1, 0.15) is 16.1 Å². The number of aromatic nitrogens is 1. The lowest BCUT2D eigenvalue weighted by atomic mass is 10.2. The summed E-state index contributed by atoms with van der Waals surface area (Å²) in [5.41, 5.74) is 1.48. The van der Waals surface area contributed by atoms with E-state index in [1.807, 2.05) is 31.2 Å². The maximum atomic E-state index is 11.7. The van der Waals surface area contributed by atoms with E-state index in [-0.39, 0.29) is 5.69 Å². The van der Waals surface area contributed by atoms with Crippen molar-refractivity contribution in [2.24, 2.45) is 0 Å². The van der Waals surface area contributed by atoms with Gasteiger partial charge in [0.05, 0.1) is 10.7 Å². The Labute approximate surface area is 130 Å². The number of benzene rings is 1. The third kappa shape index (κ3) is 3.93. The monoisotopic (exact) mass is 333 g/mol. The van der Waals surface area contributed by atoms with E-state index in [2.05, 4.69) is 4.98 Å². The summed E-state index contributed by atoms with van der Waals surface area (Å²) in [5, 5.41) is 0.821. The van der Waals surface area contributed by atoms with E-state index >= 15 is 0 Å². The van der Waals surface area contributed by atoms with Gasteiger partial charge in [-0.15, -0.1) is 0 Å². The van der Waals surface area contributed by atoms with Crippen molar-refractivity contribution >= 4 is 52.3 Å². The molecule has 0 radical (unpaired) electrons. The Morgan fingerprint density at radius 2 is 1.74 bits per heavy atom. The van der Waals surface area contributed by atoms with Gasteiger partial charge in [0.25, 0.3) is 3.79 Å². The largest absolute Gasteiger partial charge is 0.347 e. The van der Waals surface area contributed by atoms with Crippen molar-refractivity contribution < 1.29 is 4.79 Å². The smallest absolute Gasteiger partial charge is 0.254 e. The first kappa shape index (κ1) is 14.8. The second-order valence-electron chi connectivity index (χ2n) is 3.98. The summed E-state index contributed by atoms with van der Waals surface area (Å²) >= 11 is 18.2. The number of Topliss-reactive ketones (excluding diaryl/α,β-unsaturated/α-hetero) is 1. The van der Waals surface area contributed by atoms with Crippen molar-refractivity contribution in [1.29, 1.82) is 0 Å². The van der Waals surface area contributed by atoms with Crippen molar-refractivity contribution in [2.45, 2.75) is 20.6 Å². The number of hydrogen-bond acceptors (Lipinski definition) is 2. The maximum absolute atomic E-state index is 11.7. The first-order valence-corrected chi connectivity index (χ1v) is 7.36. The van der Waals surface area contributed by atoms with Gasteiger partial charge in [0, 0.05) is 4.90 Å². The van der Waals surface area contributed by atoms with Crippen LogP contribution in [0.25, 0.3) is 0 Å². The molecule has 100 valence electrons. The number of rotatable bonds is 3. The molecule has 0 saturated carbocycles. The van der Waals surface area contributed by atoms with E-state index in [0.29, 0.717) is 0 Å². The van der Waals surface area contributed by atoms with Crippen molar-refractivity contribution in [2.75, 3.05) is 0 Å². The zero-order valence-corrected chi connectivity index (χ0v) is 13.0. The van der Waals surface area contributed by atoms with Crippen molar-refractivity contribution in [3.63, 3.8) is 0 Å². The van der Waals surface area contributed by atoms with Crippen LogP contribution in [0.5, 0.6) is 0 Å². The molecule has 0 aliphatic rings. The summed E-state index contributed by atoms with van der Waals surface area (Å²) in [4.78, 5) is 15.8. The van der Waals surface area contributed by atoms with Gasteiger partial charge in [0.2, 0.25) is 5.78 Å². The van der Waals surface area contributed by atoms with Gasteiger partial charge in [-0.1, -0.05) is 64.3 Å². The third-order valence-electron chi connectivity index (χ3n) is 2.41. The molecule has 1 aromatic carbocycles. The predicted octanol–water partition coefficient (Wildman–Crippen LogP) is 5.03. The fourth-order valence-electron chi connectivity index (χ4n) is 1.45. The van der Waals surface area contributed by atoms with E-state index in [1.54, 1.807) is 12.1 Å². The summed E-state index contributed by atoms with van der Waals surface area (Å²) in [6.07, 6.45) is 0. The van der Waals surface area contributed by atoms with Gasteiger partial charge in [-0.25, -0.2) is 0 Å². The maximum Gasteiger partial charge on any atom is 0.254 e. The number of halogens is 3. The summed E-state index contributed by atoms with van der Waals surface area (Å²) < 4.78 is -1.93. The minimum Gasteiger partial charge on any atom is -0.347 e. The zero-order chi connectivity index (χ0) is 14.0. The summed E-state index contributed by atoms with van der Waals surface area (Å²) in [6, 6.07) is 11.5. The van der Waals surface area contributed by atoms with Gasteiger partial charge in [-0.05, 0) is 31.2 Å². The summed E-state index contributed by atoms with van der Waals surface area (Å²) in [7, 11) is 0. The van der Waals surface area contributed by atoms with Crippen molar-refractivity contribution in [3.8, 4) is 0 Å². The molecule has 0 aliphatic carbocycles. The number of carbonyl (C=O) groups excluding carboxylic acids is 1. The van der Waals surface area contributed by atoms with Crippen LogP contribution >= 0.6 is 46.6 Å². The highest BCUT2D eigenvalue weighted by Crippen LogP contribution is 2.32. The van der Waals surface area contributed by atoms with Crippen LogP contribution in [0, 0.1) is 6.92 Å². The molecule has 0 amide bonds. The predicted molar refractivity (Wildman–Crippen MR) is 80.7 cm³/mol. The number of aryl methyl sites for hydroxylation is 1. The average molecular weight is 335 g/mol. The SMILES string of the molecule is Cc1ccc(Sc2ccc(C(=O)C(Cl)(Cl)Cl)[nH]2)cc1. The Bertz CT molecular complexity index is 587. The lowest BCUT2D eigenvalue weighted by Crippen LogP contribution is -2.19. The van der Waals surface area contributed by atoms with E-state index in [9.17, 15) is 4.79 Å². The number of carbonyl (C=O) groups is 1. The molecule has 0 atom stereocenters. The minimum atomic E-state index is -1.93. The molecule has 1 N–H and O–H groups in total. The van der Waals surface area contributed by atoms with Gasteiger partial charge >= 0.3 is 0 Å². The van der Waals surface area contributed by atoms with Gasteiger partial charge in [0.1, 0.15) is 0 Å². The quantitative estimate of drug-likeness (QED) is 0.631. The van der Waals surface area contributed by atoms with Crippen LogP contribution in [0.4, 0.5) is 0 Å². The van der Waals surface area contributed by atoms with Gasteiger partial charge < -0.3 is 4.98 Å². The number of hydrogen-bond donors (Lipinski definition) is 1. The Morgan fingerprint density at radius 3 is 2.32 bits per heavy atom. The van der Waals surface area contributed by atoms with Crippen LogP contribution in [0.15, 0.2) is 46.3 Å². The molecule has 0 unspecified atom stereocenters. The van der Waals surface area contributed by atoms with Crippen molar-refractivity contribution in [3.05, 3.63) is 47.7 Å². The molecule has 1 heterocycles. The van der Waals surface area contributed by atoms with E-state index in [4.69, 9.17) is 34.8 Å². The highest BCUT2D eigenvalue weighted by atomic mass is 35.6. The van der Waals surface area contributed by atoms with Gasteiger partial charge in [0.15, 0.2) is 0 Å². The molecular formula is C13H10Cl3NOS. The molecule has 19 heavy (non-hydrogen) atoms. The van der Waals surface area contributed by atoms with Crippen LogP contribution in [0.3, 0.4) is 0 Å². The van der Waals surface area contributed by atoms with E-state index in [1.165, 1.54) is 17.3 Å². The van der Waals surface area contributed by atoms with E-state index < -0.39 is 9.58 Å². The number of H-pyrrole nitrogens is 1. The van der Waals surface area contributed by atoms with Gasteiger partial charge in [-0.2, -0.15) is 0 Å². The Balaban J connectivity index is 2.14. The molecule has 0 fully saturated rings. The second kappa shape index (κ2) is 5.80.